The maximum Gasteiger partial charge on any atom is 0.226 e. The number of H-pyrrole nitrogens is 1. The van der Waals surface area contributed by atoms with Gasteiger partial charge in [0.25, 0.3) is 0 Å². The number of morpholine rings is 1. The predicted octanol–water partition coefficient (Wildman–Crippen LogP) is 1.19. The van der Waals surface area contributed by atoms with Crippen LogP contribution in [0.5, 0.6) is 0 Å². The fourth-order valence-corrected chi connectivity index (χ4v) is 2.42. The summed E-state index contributed by atoms with van der Waals surface area (Å²) >= 11 is 0. The normalized spacial score (nSPS) is 19.1. The average Bonchev–Trinajstić information content (AvgIpc) is 2.87. The van der Waals surface area contributed by atoms with Crippen molar-refractivity contribution >= 4 is 22.5 Å². The molecule has 1 amide bonds. The molecule has 1 saturated heterocycles. The van der Waals surface area contributed by atoms with Gasteiger partial charge in [-0.15, -0.1) is 0 Å². The number of hydrogen-bond donors (Lipinski definition) is 3. The van der Waals surface area contributed by atoms with E-state index in [0.29, 0.717) is 19.6 Å². The fourth-order valence-electron chi connectivity index (χ4n) is 2.42. The monoisotopic (exact) mass is 274 g/mol. The molecule has 2 aromatic rings. The lowest BCUT2D eigenvalue weighted by molar-refractivity contribution is -0.117. The molecule has 106 valence electrons. The number of aryl methyl sites for hydroxylation is 1. The Balaban J connectivity index is 1.68. The highest BCUT2D eigenvalue weighted by Crippen LogP contribution is 2.22. The number of amides is 1. The molecule has 3 N–H and O–H groups in total. The standard InChI is InChI=1S/C14H18N4O2/c1-9-4-10-7-16-18-13(10)6-12(9)17-14(19)5-11-8-20-3-2-15-11/h4,6-7,11,15H,2-3,5,8H2,1H3,(H,16,18)(H,17,19). The van der Waals surface area contributed by atoms with Crippen molar-refractivity contribution in [3.8, 4) is 0 Å². The predicted molar refractivity (Wildman–Crippen MR) is 76.7 cm³/mol. The Morgan fingerprint density at radius 3 is 3.25 bits per heavy atom. The first-order valence-electron chi connectivity index (χ1n) is 6.77. The maximum atomic E-state index is 12.1. The van der Waals surface area contributed by atoms with Crippen molar-refractivity contribution in [3.63, 3.8) is 0 Å². The van der Waals surface area contributed by atoms with Gasteiger partial charge in [-0.3, -0.25) is 9.89 Å². The lowest BCUT2D eigenvalue weighted by atomic mass is 10.1. The van der Waals surface area contributed by atoms with E-state index >= 15 is 0 Å². The van der Waals surface area contributed by atoms with Crippen LogP contribution in [0.25, 0.3) is 10.9 Å². The summed E-state index contributed by atoms with van der Waals surface area (Å²) in [6.07, 6.45) is 2.19. The summed E-state index contributed by atoms with van der Waals surface area (Å²) in [6.45, 7) is 4.08. The third-order valence-electron chi connectivity index (χ3n) is 3.49. The van der Waals surface area contributed by atoms with Crippen LogP contribution in [0.3, 0.4) is 0 Å². The van der Waals surface area contributed by atoms with Crippen LogP contribution in [0, 0.1) is 6.92 Å². The van der Waals surface area contributed by atoms with Crippen LogP contribution < -0.4 is 10.6 Å². The van der Waals surface area contributed by atoms with Gasteiger partial charge in [-0.2, -0.15) is 5.10 Å². The third-order valence-corrected chi connectivity index (χ3v) is 3.49. The lowest BCUT2D eigenvalue weighted by Gasteiger charge is -2.23. The molecule has 1 aliphatic rings. The van der Waals surface area contributed by atoms with Crippen molar-refractivity contribution in [3.05, 3.63) is 23.9 Å². The zero-order valence-electron chi connectivity index (χ0n) is 11.4. The van der Waals surface area contributed by atoms with Gasteiger partial charge >= 0.3 is 0 Å². The number of hydrogen-bond acceptors (Lipinski definition) is 4. The first-order chi connectivity index (χ1) is 9.72. The number of carbonyl (C=O) groups is 1. The summed E-state index contributed by atoms with van der Waals surface area (Å²) in [6, 6.07) is 4.02. The van der Waals surface area contributed by atoms with Crippen molar-refractivity contribution in [1.82, 2.24) is 15.5 Å². The molecule has 1 atom stereocenters. The maximum absolute atomic E-state index is 12.1. The molecule has 0 saturated carbocycles. The molecular formula is C14H18N4O2. The van der Waals surface area contributed by atoms with E-state index in [0.717, 1.165) is 28.7 Å². The van der Waals surface area contributed by atoms with E-state index in [4.69, 9.17) is 4.74 Å². The summed E-state index contributed by atoms with van der Waals surface area (Å²) in [5, 5.41) is 14.2. The second-order valence-corrected chi connectivity index (χ2v) is 5.10. The molecule has 1 aromatic carbocycles. The summed E-state index contributed by atoms with van der Waals surface area (Å²) in [5.41, 5.74) is 2.77. The summed E-state index contributed by atoms with van der Waals surface area (Å²) < 4.78 is 5.35. The first-order valence-corrected chi connectivity index (χ1v) is 6.77. The highest BCUT2D eigenvalue weighted by Gasteiger charge is 2.17. The summed E-state index contributed by atoms with van der Waals surface area (Å²) in [7, 11) is 0. The zero-order valence-corrected chi connectivity index (χ0v) is 11.4. The van der Waals surface area contributed by atoms with Crippen LogP contribution in [0.4, 0.5) is 5.69 Å². The molecule has 2 heterocycles. The molecule has 0 spiro atoms. The van der Waals surface area contributed by atoms with E-state index < -0.39 is 0 Å². The number of nitrogens with one attached hydrogen (secondary N) is 3. The summed E-state index contributed by atoms with van der Waals surface area (Å²) in [4.78, 5) is 12.1. The smallest absolute Gasteiger partial charge is 0.226 e. The number of benzene rings is 1. The van der Waals surface area contributed by atoms with Crippen LogP contribution in [0.15, 0.2) is 18.3 Å². The van der Waals surface area contributed by atoms with Gasteiger partial charge in [0, 0.05) is 30.1 Å². The van der Waals surface area contributed by atoms with Crippen molar-refractivity contribution in [2.24, 2.45) is 0 Å². The minimum absolute atomic E-state index is 0.00466. The third kappa shape index (κ3) is 2.81. The Hall–Kier alpha value is -1.92. The van der Waals surface area contributed by atoms with Crippen LogP contribution in [0.1, 0.15) is 12.0 Å². The number of anilines is 1. The highest BCUT2D eigenvalue weighted by atomic mass is 16.5. The number of nitrogens with zero attached hydrogens (tertiary/aromatic N) is 1. The Kier molecular flexibility index (Phi) is 3.66. The van der Waals surface area contributed by atoms with E-state index in [9.17, 15) is 4.79 Å². The number of fused-ring (bicyclic) bond motifs is 1. The SMILES string of the molecule is Cc1cc2cn[nH]c2cc1NC(=O)CC1COCCN1. The van der Waals surface area contributed by atoms with Gasteiger partial charge in [0.15, 0.2) is 0 Å². The second-order valence-electron chi connectivity index (χ2n) is 5.10. The average molecular weight is 274 g/mol. The molecule has 0 bridgehead atoms. The molecule has 6 nitrogen and oxygen atoms in total. The van der Waals surface area contributed by atoms with Crippen LogP contribution in [-0.4, -0.2) is 41.9 Å². The van der Waals surface area contributed by atoms with Crippen LogP contribution in [-0.2, 0) is 9.53 Å². The largest absolute Gasteiger partial charge is 0.378 e. The molecule has 0 radical (unpaired) electrons. The lowest BCUT2D eigenvalue weighted by Crippen LogP contribution is -2.43. The van der Waals surface area contributed by atoms with E-state index in [-0.39, 0.29) is 11.9 Å². The highest BCUT2D eigenvalue weighted by molar-refractivity contribution is 5.94. The van der Waals surface area contributed by atoms with E-state index in [1.54, 1.807) is 6.20 Å². The molecule has 3 rings (SSSR count). The minimum atomic E-state index is -0.00466. The van der Waals surface area contributed by atoms with Crippen molar-refractivity contribution in [2.75, 3.05) is 25.1 Å². The fraction of sp³-hybridized carbons (Fsp3) is 0.429. The first kappa shape index (κ1) is 13.1. The van der Waals surface area contributed by atoms with Gasteiger partial charge in [-0.25, -0.2) is 0 Å². The number of aromatic amines is 1. The molecular weight excluding hydrogens is 256 g/mol. The van der Waals surface area contributed by atoms with E-state index in [1.165, 1.54) is 0 Å². The molecule has 6 heteroatoms. The zero-order chi connectivity index (χ0) is 13.9. The molecule has 1 unspecified atom stereocenters. The number of ether oxygens (including phenoxy) is 1. The topological polar surface area (TPSA) is 79.0 Å². The van der Waals surface area contributed by atoms with Crippen LogP contribution >= 0.6 is 0 Å². The van der Waals surface area contributed by atoms with E-state index in [1.807, 2.05) is 19.1 Å². The van der Waals surface area contributed by atoms with Gasteiger partial charge in [-0.05, 0) is 24.6 Å². The number of rotatable bonds is 3. The molecule has 1 aliphatic heterocycles. The number of carbonyl (C=O) groups excluding carboxylic acids is 1. The summed E-state index contributed by atoms with van der Waals surface area (Å²) in [5.74, 6) is -0.00466. The molecule has 1 fully saturated rings. The quantitative estimate of drug-likeness (QED) is 0.785. The van der Waals surface area contributed by atoms with Crippen LogP contribution in [0.2, 0.25) is 0 Å². The van der Waals surface area contributed by atoms with Crippen molar-refractivity contribution in [1.29, 1.82) is 0 Å². The Bertz CT molecular complexity index is 617. The van der Waals surface area contributed by atoms with Gasteiger partial charge in [0.1, 0.15) is 0 Å². The van der Waals surface area contributed by atoms with Crippen molar-refractivity contribution < 1.29 is 9.53 Å². The molecule has 20 heavy (non-hydrogen) atoms. The second kappa shape index (κ2) is 5.60. The van der Waals surface area contributed by atoms with Crippen molar-refractivity contribution in [2.45, 2.75) is 19.4 Å². The van der Waals surface area contributed by atoms with Gasteiger partial charge in [0.05, 0.1) is 24.9 Å². The van der Waals surface area contributed by atoms with Gasteiger partial charge in [0.2, 0.25) is 5.91 Å². The minimum Gasteiger partial charge on any atom is -0.378 e. The molecule has 1 aromatic heterocycles. The molecule has 0 aliphatic carbocycles. The Morgan fingerprint density at radius 2 is 2.45 bits per heavy atom. The van der Waals surface area contributed by atoms with Gasteiger partial charge < -0.3 is 15.4 Å². The van der Waals surface area contributed by atoms with E-state index in [2.05, 4.69) is 20.8 Å². The Labute approximate surface area is 116 Å². The number of aromatic nitrogens is 2. The Morgan fingerprint density at radius 1 is 1.55 bits per heavy atom. The van der Waals surface area contributed by atoms with Gasteiger partial charge in [-0.1, -0.05) is 0 Å².